The first-order chi connectivity index (χ1) is 14.7. The van der Waals surface area contributed by atoms with Crippen molar-refractivity contribution in [1.82, 2.24) is 4.57 Å². The Bertz CT molecular complexity index is 1240. The highest BCUT2D eigenvalue weighted by Crippen LogP contribution is 2.36. The fourth-order valence-corrected chi connectivity index (χ4v) is 3.53. The lowest BCUT2D eigenvalue weighted by Gasteiger charge is -2.10. The highest BCUT2D eigenvalue weighted by atomic mass is 19.4. The van der Waals surface area contributed by atoms with Crippen LogP contribution < -0.4 is 5.56 Å². The van der Waals surface area contributed by atoms with Gasteiger partial charge >= 0.3 is 12.1 Å². The molecule has 0 aliphatic heterocycles. The summed E-state index contributed by atoms with van der Waals surface area (Å²) >= 11 is 0. The molecule has 0 amide bonds. The first-order valence-corrected chi connectivity index (χ1v) is 9.40. The summed E-state index contributed by atoms with van der Waals surface area (Å²) < 4.78 is 43.9. The number of esters is 1. The van der Waals surface area contributed by atoms with Crippen LogP contribution in [0, 0.1) is 0 Å². The van der Waals surface area contributed by atoms with Crippen molar-refractivity contribution in [3.63, 3.8) is 0 Å². The first kappa shape index (κ1) is 20.6. The number of alkyl halides is 3. The number of benzene rings is 2. The molecule has 31 heavy (non-hydrogen) atoms. The van der Waals surface area contributed by atoms with E-state index in [9.17, 15) is 27.6 Å². The molecule has 0 saturated carbocycles. The molecule has 0 bridgehead atoms. The third kappa shape index (κ3) is 4.28. The van der Waals surface area contributed by atoms with Crippen LogP contribution >= 0.6 is 0 Å². The van der Waals surface area contributed by atoms with Gasteiger partial charge in [0, 0.05) is 17.8 Å². The van der Waals surface area contributed by atoms with Crippen molar-refractivity contribution < 1.29 is 27.5 Å². The molecule has 0 saturated heterocycles. The van der Waals surface area contributed by atoms with Crippen molar-refractivity contribution in [3.05, 3.63) is 93.4 Å². The second-order valence-corrected chi connectivity index (χ2v) is 7.17. The van der Waals surface area contributed by atoms with Gasteiger partial charge in [0.15, 0.2) is 12.4 Å². The lowest BCUT2D eigenvalue weighted by Crippen LogP contribution is -2.27. The Labute approximate surface area is 174 Å². The van der Waals surface area contributed by atoms with E-state index < -0.39 is 42.2 Å². The highest BCUT2D eigenvalue weighted by Gasteiger charge is 2.31. The maximum atomic E-state index is 12.8. The Morgan fingerprint density at radius 2 is 1.71 bits per heavy atom. The van der Waals surface area contributed by atoms with Gasteiger partial charge in [-0.15, -0.1) is 0 Å². The number of Topliss-reactive ketones (excluding diaryl/α,β-unsaturated/α-hetero) is 1. The quantitative estimate of drug-likeness (QED) is 0.358. The summed E-state index contributed by atoms with van der Waals surface area (Å²) in [4.78, 5) is 36.2. The van der Waals surface area contributed by atoms with Gasteiger partial charge in [-0.1, -0.05) is 36.4 Å². The zero-order valence-electron chi connectivity index (χ0n) is 16.1. The second kappa shape index (κ2) is 7.86. The largest absolute Gasteiger partial charge is 0.456 e. The molecule has 1 aliphatic rings. The van der Waals surface area contributed by atoms with Gasteiger partial charge in [0.2, 0.25) is 0 Å². The van der Waals surface area contributed by atoms with E-state index in [0.29, 0.717) is 22.4 Å². The smallest absolute Gasteiger partial charge is 0.417 e. The Morgan fingerprint density at radius 3 is 2.48 bits per heavy atom. The Morgan fingerprint density at radius 1 is 0.968 bits per heavy atom. The van der Waals surface area contributed by atoms with Crippen LogP contribution in [-0.4, -0.2) is 22.9 Å². The molecular formula is C23H16F3NO4. The van der Waals surface area contributed by atoms with Crippen molar-refractivity contribution >= 4 is 11.8 Å². The number of ketones is 1. The van der Waals surface area contributed by atoms with E-state index in [1.54, 1.807) is 12.1 Å². The van der Waals surface area contributed by atoms with Crippen LogP contribution in [0.2, 0.25) is 0 Å². The Kier molecular flexibility index (Phi) is 5.22. The predicted octanol–water partition coefficient (Wildman–Crippen LogP) is 3.86. The summed E-state index contributed by atoms with van der Waals surface area (Å²) in [5.41, 5.74) is 2.78. The number of carbonyl (C=O) groups excluding carboxylic acids is 2. The number of rotatable bonds is 5. The molecule has 5 nitrogen and oxygen atoms in total. The van der Waals surface area contributed by atoms with Gasteiger partial charge in [0.1, 0.15) is 6.54 Å². The van der Waals surface area contributed by atoms with E-state index in [0.717, 1.165) is 29.2 Å². The number of fused-ring (bicyclic) bond motifs is 3. The average Bonchev–Trinajstić information content (AvgIpc) is 3.10. The van der Waals surface area contributed by atoms with Gasteiger partial charge in [-0.2, -0.15) is 13.2 Å². The number of halogens is 3. The summed E-state index contributed by atoms with van der Waals surface area (Å²) in [6.45, 7) is -1.30. The molecule has 0 atom stereocenters. The molecule has 4 rings (SSSR count). The van der Waals surface area contributed by atoms with Crippen LogP contribution in [0.25, 0.3) is 11.1 Å². The molecule has 0 unspecified atom stereocenters. The van der Waals surface area contributed by atoms with Gasteiger partial charge in [-0.3, -0.25) is 14.4 Å². The molecule has 0 radical (unpaired) electrons. The van der Waals surface area contributed by atoms with Crippen LogP contribution in [-0.2, 0) is 28.7 Å². The van der Waals surface area contributed by atoms with Gasteiger partial charge in [0.25, 0.3) is 5.56 Å². The average molecular weight is 427 g/mol. The number of hydrogen-bond acceptors (Lipinski definition) is 4. The molecule has 1 heterocycles. The Balaban J connectivity index is 1.42. The van der Waals surface area contributed by atoms with E-state index in [1.165, 1.54) is 5.56 Å². The minimum absolute atomic E-state index is 0.361. The maximum Gasteiger partial charge on any atom is 0.417 e. The van der Waals surface area contributed by atoms with Crippen molar-refractivity contribution in [1.29, 1.82) is 0 Å². The highest BCUT2D eigenvalue weighted by molar-refractivity contribution is 5.99. The number of aromatic nitrogens is 1. The van der Waals surface area contributed by atoms with E-state index in [-0.39, 0.29) is 0 Å². The van der Waals surface area contributed by atoms with Crippen LogP contribution in [0.15, 0.2) is 65.6 Å². The molecule has 2 aromatic carbocycles. The molecule has 0 fully saturated rings. The van der Waals surface area contributed by atoms with Crippen molar-refractivity contribution in [3.8, 4) is 11.1 Å². The van der Waals surface area contributed by atoms with E-state index in [2.05, 4.69) is 0 Å². The summed E-state index contributed by atoms with van der Waals surface area (Å²) in [5, 5.41) is 0. The molecule has 0 spiro atoms. The fourth-order valence-electron chi connectivity index (χ4n) is 3.53. The van der Waals surface area contributed by atoms with Gasteiger partial charge in [-0.25, -0.2) is 0 Å². The zero-order chi connectivity index (χ0) is 22.2. The third-order valence-electron chi connectivity index (χ3n) is 5.09. The van der Waals surface area contributed by atoms with Gasteiger partial charge in [-0.05, 0) is 40.8 Å². The standard InChI is InChI=1S/C23H16F3NO4/c24-23(25,26)17-7-8-21(29)27(11-17)12-22(30)31-13-20(28)16-6-5-15-9-14-3-1-2-4-18(14)19(15)10-16/h1-8,10-11H,9,12-13H2. The number of carbonyl (C=O) groups is 2. The van der Waals surface area contributed by atoms with Crippen LogP contribution in [0.5, 0.6) is 0 Å². The van der Waals surface area contributed by atoms with Crippen LogP contribution in [0.4, 0.5) is 13.2 Å². The number of ether oxygens (including phenoxy) is 1. The molecule has 1 aromatic heterocycles. The molecular weight excluding hydrogens is 411 g/mol. The summed E-state index contributed by atoms with van der Waals surface area (Å²) in [6, 6.07) is 14.5. The van der Waals surface area contributed by atoms with Crippen molar-refractivity contribution in [2.24, 2.45) is 0 Å². The topological polar surface area (TPSA) is 65.4 Å². The summed E-state index contributed by atoms with van der Waals surface area (Å²) in [6.07, 6.45) is -3.33. The molecule has 158 valence electrons. The van der Waals surface area contributed by atoms with E-state index >= 15 is 0 Å². The minimum atomic E-state index is -4.65. The van der Waals surface area contributed by atoms with Crippen LogP contribution in [0.1, 0.15) is 27.0 Å². The minimum Gasteiger partial charge on any atom is -0.456 e. The van der Waals surface area contributed by atoms with E-state index in [4.69, 9.17) is 4.74 Å². The molecule has 3 aromatic rings. The summed E-state index contributed by atoms with van der Waals surface area (Å²) in [5.74, 6) is -1.43. The lowest BCUT2D eigenvalue weighted by atomic mass is 10.0. The first-order valence-electron chi connectivity index (χ1n) is 9.40. The fraction of sp³-hybridized carbons (Fsp3) is 0.174. The van der Waals surface area contributed by atoms with Gasteiger partial charge < -0.3 is 9.30 Å². The monoisotopic (exact) mass is 427 g/mol. The van der Waals surface area contributed by atoms with Crippen molar-refractivity contribution in [2.45, 2.75) is 19.1 Å². The SMILES string of the molecule is O=C(Cn1cc(C(F)(F)F)ccc1=O)OCC(=O)c1ccc2c(c1)-c1ccccc1C2. The van der Waals surface area contributed by atoms with Gasteiger partial charge in [0.05, 0.1) is 5.56 Å². The maximum absolute atomic E-state index is 12.8. The number of nitrogens with zero attached hydrogens (tertiary/aromatic N) is 1. The third-order valence-corrected chi connectivity index (χ3v) is 5.09. The number of hydrogen-bond donors (Lipinski definition) is 0. The molecule has 0 N–H and O–H groups in total. The lowest BCUT2D eigenvalue weighted by molar-refractivity contribution is -0.144. The number of pyridine rings is 1. The Hall–Kier alpha value is -3.68. The molecule has 1 aliphatic carbocycles. The molecule has 8 heteroatoms. The normalized spacial score (nSPS) is 12.2. The zero-order valence-corrected chi connectivity index (χ0v) is 16.1. The van der Waals surface area contributed by atoms with E-state index in [1.807, 2.05) is 30.3 Å². The second-order valence-electron chi connectivity index (χ2n) is 7.17. The predicted molar refractivity (Wildman–Crippen MR) is 106 cm³/mol. The van der Waals surface area contributed by atoms with Crippen molar-refractivity contribution in [2.75, 3.05) is 6.61 Å². The summed E-state index contributed by atoms with van der Waals surface area (Å²) in [7, 11) is 0. The van der Waals surface area contributed by atoms with Crippen LogP contribution in [0.3, 0.4) is 0 Å².